The highest BCUT2D eigenvalue weighted by atomic mass is 16.5. The fraction of sp³-hybridized carbons (Fsp3) is 0.429. The highest BCUT2D eigenvalue weighted by Crippen LogP contribution is 2.40. The number of urea groups is 1. The first-order valence-corrected chi connectivity index (χ1v) is 12.9. The highest BCUT2D eigenvalue weighted by Gasteiger charge is 2.28. The number of likely N-dealkylation sites (tertiary alicyclic amines) is 1. The van der Waals surface area contributed by atoms with Crippen LogP contribution in [0.5, 0.6) is 11.5 Å². The summed E-state index contributed by atoms with van der Waals surface area (Å²) in [6, 6.07) is 16.2. The first-order valence-electron chi connectivity index (χ1n) is 12.9. The Balaban J connectivity index is 1.21. The minimum atomic E-state index is -0.159. The van der Waals surface area contributed by atoms with Gasteiger partial charge in [-0.2, -0.15) is 0 Å². The molecule has 3 N–H and O–H groups in total. The van der Waals surface area contributed by atoms with Crippen molar-refractivity contribution in [2.24, 2.45) is 0 Å². The van der Waals surface area contributed by atoms with Gasteiger partial charge >= 0.3 is 6.03 Å². The van der Waals surface area contributed by atoms with Crippen molar-refractivity contribution in [1.82, 2.24) is 15.2 Å². The molecule has 3 heterocycles. The molecule has 0 aliphatic carbocycles. The summed E-state index contributed by atoms with van der Waals surface area (Å²) in [7, 11) is 0. The molecule has 0 saturated carbocycles. The van der Waals surface area contributed by atoms with Gasteiger partial charge in [-0.1, -0.05) is 6.07 Å². The normalized spacial score (nSPS) is 18.1. The van der Waals surface area contributed by atoms with Crippen LogP contribution in [0, 0.1) is 0 Å². The molecule has 1 atom stereocenters. The van der Waals surface area contributed by atoms with Crippen LogP contribution in [0.2, 0.25) is 0 Å². The molecule has 2 amide bonds. The van der Waals surface area contributed by atoms with Crippen LogP contribution in [-0.4, -0.2) is 54.3 Å². The predicted molar refractivity (Wildman–Crippen MR) is 143 cm³/mol. The summed E-state index contributed by atoms with van der Waals surface area (Å²) in [5.41, 5.74) is 2.63. The fourth-order valence-electron chi connectivity index (χ4n) is 5.02. The zero-order chi connectivity index (χ0) is 25.1. The molecule has 3 aromatic rings. The largest absolute Gasteiger partial charge is 0.493 e. The van der Waals surface area contributed by atoms with E-state index in [-0.39, 0.29) is 18.1 Å². The number of pyridine rings is 1. The third-order valence-electron chi connectivity index (χ3n) is 6.94. The number of nitrogens with zero attached hydrogens (tertiary/aromatic N) is 2. The fourth-order valence-corrected chi connectivity index (χ4v) is 5.02. The van der Waals surface area contributed by atoms with Crippen molar-refractivity contribution in [3.63, 3.8) is 0 Å². The summed E-state index contributed by atoms with van der Waals surface area (Å²) >= 11 is 0. The maximum absolute atomic E-state index is 12.6. The zero-order valence-corrected chi connectivity index (χ0v) is 21.2. The Hall–Kier alpha value is -3.52. The maximum Gasteiger partial charge on any atom is 0.319 e. The molecule has 1 fully saturated rings. The van der Waals surface area contributed by atoms with Gasteiger partial charge in [0.2, 0.25) is 0 Å². The molecule has 0 bridgehead atoms. The van der Waals surface area contributed by atoms with Gasteiger partial charge in [0.15, 0.2) is 0 Å². The molecule has 1 unspecified atom stereocenters. The van der Waals surface area contributed by atoms with Gasteiger partial charge in [0.05, 0.1) is 23.7 Å². The van der Waals surface area contributed by atoms with Crippen LogP contribution < -0.4 is 25.4 Å². The van der Waals surface area contributed by atoms with Gasteiger partial charge < -0.3 is 30.3 Å². The molecule has 0 radical (unpaired) electrons. The van der Waals surface area contributed by atoms with Gasteiger partial charge in [-0.25, -0.2) is 9.78 Å². The van der Waals surface area contributed by atoms with Crippen molar-refractivity contribution in [3.05, 3.63) is 54.1 Å². The Morgan fingerprint density at radius 2 is 2.00 bits per heavy atom. The number of piperidine rings is 1. The molecule has 36 heavy (non-hydrogen) atoms. The van der Waals surface area contributed by atoms with E-state index in [1.54, 1.807) is 0 Å². The van der Waals surface area contributed by atoms with E-state index in [2.05, 4.69) is 34.7 Å². The second-order valence-corrected chi connectivity index (χ2v) is 9.72. The lowest BCUT2D eigenvalue weighted by Crippen LogP contribution is -2.47. The number of aromatic nitrogens is 1. The van der Waals surface area contributed by atoms with E-state index in [0.717, 1.165) is 65.4 Å². The predicted octanol–water partition coefficient (Wildman–Crippen LogP) is 5.17. The second-order valence-electron chi connectivity index (χ2n) is 9.72. The standard InChI is InChI=1S/C28H35N5O3/c1-4-35-24-6-5-7-25-27(24)23(17-36-25)32-26-11-8-19-16-21(9-10-22(19)31-26)30-28(34)29-20-12-14-33(15-13-20)18(2)3/h5-11,16,18,20,23H,4,12-15,17H2,1-3H3,(H,31,32)(H2,29,30,34). The Labute approximate surface area is 212 Å². The van der Waals surface area contributed by atoms with E-state index in [9.17, 15) is 4.79 Å². The number of carbonyl (C=O) groups excluding carboxylic acids is 1. The van der Waals surface area contributed by atoms with Crippen molar-refractivity contribution in [1.29, 1.82) is 0 Å². The third-order valence-corrected chi connectivity index (χ3v) is 6.94. The number of carbonyl (C=O) groups is 1. The molecular formula is C28H35N5O3. The maximum atomic E-state index is 12.6. The van der Waals surface area contributed by atoms with Gasteiger partial charge in [-0.15, -0.1) is 0 Å². The van der Waals surface area contributed by atoms with Crippen LogP contribution >= 0.6 is 0 Å². The molecular weight excluding hydrogens is 454 g/mol. The van der Waals surface area contributed by atoms with Crippen LogP contribution in [0.3, 0.4) is 0 Å². The lowest BCUT2D eigenvalue weighted by atomic mass is 10.0. The van der Waals surface area contributed by atoms with E-state index in [0.29, 0.717) is 19.3 Å². The minimum absolute atomic E-state index is 0.0373. The smallest absolute Gasteiger partial charge is 0.319 e. The summed E-state index contributed by atoms with van der Waals surface area (Å²) in [4.78, 5) is 19.8. The minimum Gasteiger partial charge on any atom is -0.493 e. The lowest BCUT2D eigenvalue weighted by molar-refractivity contribution is 0.163. The number of anilines is 2. The number of rotatable bonds is 7. The van der Waals surface area contributed by atoms with Crippen LogP contribution in [0.25, 0.3) is 10.9 Å². The SMILES string of the molecule is CCOc1cccc2c1C(Nc1ccc3cc(NC(=O)NC4CCN(C(C)C)CC4)ccc3n1)CO2. The van der Waals surface area contributed by atoms with Crippen LogP contribution in [-0.2, 0) is 0 Å². The molecule has 2 aromatic carbocycles. The van der Waals surface area contributed by atoms with Gasteiger partial charge in [0, 0.05) is 36.2 Å². The number of amides is 2. The number of ether oxygens (including phenoxy) is 2. The third kappa shape index (κ3) is 5.33. The summed E-state index contributed by atoms with van der Waals surface area (Å²) < 4.78 is 11.7. The number of hydrogen-bond acceptors (Lipinski definition) is 6. The molecule has 0 spiro atoms. The van der Waals surface area contributed by atoms with Gasteiger partial charge in [0.25, 0.3) is 0 Å². The van der Waals surface area contributed by atoms with Crippen molar-refractivity contribution >= 4 is 28.4 Å². The Kier molecular flexibility index (Phi) is 7.13. The molecule has 8 heteroatoms. The molecule has 1 saturated heterocycles. The molecule has 8 nitrogen and oxygen atoms in total. The first kappa shape index (κ1) is 24.2. The molecule has 2 aliphatic heterocycles. The zero-order valence-electron chi connectivity index (χ0n) is 21.2. The number of nitrogens with one attached hydrogen (secondary N) is 3. The monoisotopic (exact) mass is 489 g/mol. The summed E-state index contributed by atoms with van der Waals surface area (Å²) in [6.45, 7) is 9.57. The lowest BCUT2D eigenvalue weighted by Gasteiger charge is -2.34. The van der Waals surface area contributed by atoms with Gasteiger partial charge in [-0.3, -0.25) is 0 Å². The van der Waals surface area contributed by atoms with Crippen molar-refractivity contribution < 1.29 is 14.3 Å². The summed E-state index contributed by atoms with van der Waals surface area (Å²) in [5.74, 6) is 2.45. The van der Waals surface area contributed by atoms with Crippen molar-refractivity contribution in [3.8, 4) is 11.5 Å². The summed E-state index contributed by atoms with van der Waals surface area (Å²) in [5, 5.41) is 10.6. The van der Waals surface area contributed by atoms with E-state index >= 15 is 0 Å². The Bertz CT molecular complexity index is 1220. The number of fused-ring (bicyclic) bond motifs is 2. The number of hydrogen-bond donors (Lipinski definition) is 3. The molecule has 5 rings (SSSR count). The average Bonchev–Trinajstić information content (AvgIpc) is 3.28. The molecule has 2 aliphatic rings. The Morgan fingerprint density at radius 3 is 2.78 bits per heavy atom. The highest BCUT2D eigenvalue weighted by molar-refractivity contribution is 5.93. The van der Waals surface area contributed by atoms with E-state index in [4.69, 9.17) is 14.5 Å². The van der Waals surface area contributed by atoms with E-state index < -0.39 is 0 Å². The first-order chi connectivity index (χ1) is 17.5. The van der Waals surface area contributed by atoms with Crippen LogP contribution in [0.1, 0.15) is 45.2 Å². The second kappa shape index (κ2) is 10.6. The quantitative estimate of drug-likeness (QED) is 0.424. The van der Waals surface area contributed by atoms with Crippen molar-refractivity contribution in [2.45, 2.75) is 51.7 Å². The van der Waals surface area contributed by atoms with Crippen molar-refractivity contribution in [2.75, 3.05) is 36.9 Å². The molecule has 190 valence electrons. The van der Waals surface area contributed by atoms with Crippen LogP contribution in [0.4, 0.5) is 16.3 Å². The Morgan fingerprint density at radius 1 is 1.17 bits per heavy atom. The average molecular weight is 490 g/mol. The van der Waals surface area contributed by atoms with Gasteiger partial charge in [0.1, 0.15) is 23.9 Å². The molecule has 1 aromatic heterocycles. The van der Waals surface area contributed by atoms with Crippen LogP contribution in [0.15, 0.2) is 48.5 Å². The van der Waals surface area contributed by atoms with E-state index in [1.165, 1.54) is 0 Å². The van der Waals surface area contributed by atoms with Gasteiger partial charge in [-0.05, 0) is 76.1 Å². The number of benzene rings is 2. The summed E-state index contributed by atoms with van der Waals surface area (Å²) in [6.07, 6.45) is 1.96. The van der Waals surface area contributed by atoms with E-state index in [1.807, 2.05) is 55.5 Å². The topological polar surface area (TPSA) is 87.8 Å².